The van der Waals surface area contributed by atoms with Crippen molar-refractivity contribution in [3.05, 3.63) is 23.6 Å². The first-order chi connectivity index (χ1) is 7.10. The summed E-state index contributed by atoms with van der Waals surface area (Å²) in [7, 11) is 0. The lowest BCUT2D eigenvalue weighted by Gasteiger charge is -2.19. The maximum atomic E-state index is 12.9. The van der Waals surface area contributed by atoms with Crippen LogP contribution in [-0.4, -0.2) is 28.9 Å². The van der Waals surface area contributed by atoms with Crippen molar-refractivity contribution in [2.24, 2.45) is 0 Å². The number of hydrogen-bond acceptors (Lipinski definition) is 3. The minimum absolute atomic E-state index is 0.0632. The Morgan fingerprint density at radius 1 is 1.53 bits per heavy atom. The van der Waals surface area contributed by atoms with Crippen LogP contribution < -0.4 is 5.73 Å². The van der Waals surface area contributed by atoms with E-state index >= 15 is 0 Å². The predicted molar refractivity (Wildman–Crippen MR) is 55.9 cm³/mol. The number of carbonyl (C=O) groups is 1. The molecule has 1 heterocycles. The molecule has 82 valence electrons. The van der Waals surface area contributed by atoms with Gasteiger partial charge in [-0.1, -0.05) is 0 Å². The van der Waals surface area contributed by atoms with Crippen LogP contribution in [0.4, 0.5) is 10.2 Å². The highest BCUT2D eigenvalue weighted by Gasteiger charge is 2.16. The summed E-state index contributed by atoms with van der Waals surface area (Å²) in [6, 6.07) is 1.11. The average Bonchev–Trinajstić information content (AvgIpc) is 2.23. The lowest BCUT2D eigenvalue weighted by atomic mass is 10.2. The molecule has 1 rings (SSSR count). The number of anilines is 1. The summed E-state index contributed by atoms with van der Waals surface area (Å²) in [6.07, 6.45) is 0.994. The second-order valence-electron chi connectivity index (χ2n) is 3.06. The molecule has 2 N–H and O–H groups in total. The van der Waals surface area contributed by atoms with Gasteiger partial charge in [-0.3, -0.25) is 4.79 Å². The number of hydrogen-bond donors (Lipinski definition) is 1. The Morgan fingerprint density at radius 2 is 2.13 bits per heavy atom. The Labute approximate surface area is 87.9 Å². The molecule has 1 aromatic heterocycles. The molecular formula is C10H14FN3O. The van der Waals surface area contributed by atoms with Crippen molar-refractivity contribution in [1.29, 1.82) is 0 Å². The van der Waals surface area contributed by atoms with Crippen LogP contribution in [0.25, 0.3) is 0 Å². The van der Waals surface area contributed by atoms with Crippen LogP contribution in [0.2, 0.25) is 0 Å². The van der Waals surface area contributed by atoms with E-state index in [1.807, 2.05) is 13.8 Å². The molecule has 0 aliphatic rings. The molecule has 0 unspecified atom stereocenters. The molecule has 0 radical (unpaired) electrons. The largest absolute Gasteiger partial charge is 0.383 e. The number of nitrogen functional groups attached to an aromatic ring is 1. The highest BCUT2D eigenvalue weighted by Crippen LogP contribution is 2.12. The van der Waals surface area contributed by atoms with E-state index in [-0.39, 0.29) is 17.3 Å². The van der Waals surface area contributed by atoms with Crippen LogP contribution in [0.3, 0.4) is 0 Å². The van der Waals surface area contributed by atoms with E-state index in [4.69, 9.17) is 5.73 Å². The molecule has 0 aromatic carbocycles. The zero-order chi connectivity index (χ0) is 11.4. The standard InChI is InChI=1S/C10H14FN3O/c1-3-14(4-2)10(15)8-5-7(11)6-13-9(8)12/h5-6H,3-4H2,1-2H3,(H2,12,13). The van der Waals surface area contributed by atoms with Crippen molar-refractivity contribution >= 4 is 11.7 Å². The van der Waals surface area contributed by atoms with Gasteiger partial charge in [0.15, 0.2) is 0 Å². The van der Waals surface area contributed by atoms with E-state index in [0.717, 1.165) is 12.3 Å². The van der Waals surface area contributed by atoms with E-state index in [0.29, 0.717) is 13.1 Å². The molecule has 5 heteroatoms. The van der Waals surface area contributed by atoms with Gasteiger partial charge in [0, 0.05) is 13.1 Å². The van der Waals surface area contributed by atoms with Gasteiger partial charge < -0.3 is 10.6 Å². The van der Waals surface area contributed by atoms with Gasteiger partial charge in [0.05, 0.1) is 11.8 Å². The first kappa shape index (κ1) is 11.4. The summed E-state index contributed by atoms with van der Waals surface area (Å²) in [6.45, 7) is 4.82. The Morgan fingerprint density at radius 3 is 2.67 bits per heavy atom. The van der Waals surface area contributed by atoms with Gasteiger partial charge in [-0.05, 0) is 19.9 Å². The third-order valence-electron chi connectivity index (χ3n) is 2.17. The van der Waals surface area contributed by atoms with E-state index < -0.39 is 5.82 Å². The zero-order valence-electron chi connectivity index (χ0n) is 8.83. The Kier molecular flexibility index (Phi) is 3.60. The summed E-state index contributed by atoms with van der Waals surface area (Å²) >= 11 is 0. The van der Waals surface area contributed by atoms with Gasteiger partial charge in [0.1, 0.15) is 11.6 Å². The maximum absolute atomic E-state index is 12.9. The number of aromatic nitrogens is 1. The summed E-state index contributed by atoms with van der Waals surface area (Å²) in [4.78, 5) is 17.0. The monoisotopic (exact) mass is 211 g/mol. The molecule has 1 amide bonds. The number of amides is 1. The lowest BCUT2D eigenvalue weighted by molar-refractivity contribution is 0.0773. The van der Waals surface area contributed by atoms with Crippen LogP contribution in [0.15, 0.2) is 12.3 Å². The van der Waals surface area contributed by atoms with Crippen molar-refractivity contribution in [3.8, 4) is 0 Å². The van der Waals surface area contributed by atoms with Crippen LogP contribution in [0.5, 0.6) is 0 Å². The fourth-order valence-corrected chi connectivity index (χ4v) is 1.30. The fourth-order valence-electron chi connectivity index (χ4n) is 1.30. The summed E-state index contributed by atoms with van der Waals surface area (Å²) < 4.78 is 12.9. The normalized spacial score (nSPS) is 10.1. The third kappa shape index (κ3) is 2.43. The number of nitrogens with two attached hydrogens (primary N) is 1. The Bertz CT molecular complexity index is 364. The van der Waals surface area contributed by atoms with Crippen molar-refractivity contribution in [1.82, 2.24) is 9.88 Å². The van der Waals surface area contributed by atoms with Crippen molar-refractivity contribution in [2.45, 2.75) is 13.8 Å². The quantitative estimate of drug-likeness (QED) is 0.819. The summed E-state index contributed by atoms with van der Waals surface area (Å²) in [5, 5.41) is 0. The van der Waals surface area contributed by atoms with Crippen molar-refractivity contribution < 1.29 is 9.18 Å². The van der Waals surface area contributed by atoms with Crippen LogP contribution >= 0.6 is 0 Å². The number of rotatable bonds is 3. The van der Waals surface area contributed by atoms with Gasteiger partial charge in [-0.25, -0.2) is 9.37 Å². The van der Waals surface area contributed by atoms with Gasteiger partial charge in [0.25, 0.3) is 5.91 Å². The molecule has 0 atom stereocenters. The summed E-state index contributed by atoms with van der Waals surface area (Å²) in [5.41, 5.74) is 5.64. The Balaban J connectivity index is 3.04. The zero-order valence-corrected chi connectivity index (χ0v) is 8.83. The molecule has 0 saturated carbocycles. The SMILES string of the molecule is CCN(CC)C(=O)c1cc(F)cnc1N. The van der Waals surface area contributed by atoms with E-state index in [1.54, 1.807) is 4.90 Å². The second kappa shape index (κ2) is 4.72. The van der Waals surface area contributed by atoms with Gasteiger partial charge in [-0.15, -0.1) is 0 Å². The smallest absolute Gasteiger partial charge is 0.257 e. The molecule has 0 spiro atoms. The third-order valence-corrected chi connectivity index (χ3v) is 2.17. The first-order valence-corrected chi connectivity index (χ1v) is 4.80. The molecule has 15 heavy (non-hydrogen) atoms. The second-order valence-corrected chi connectivity index (χ2v) is 3.06. The van der Waals surface area contributed by atoms with Crippen molar-refractivity contribution in [2.75, 3.05) is 18.8 Å². The van der Waals surface area contributed by atoms with Crippen molar-refractivity contribution in [3.63, 3.8) is 0 Å². The summed E-state index contributed by atoms with van der Waals surface area (Å²) in [5.74, 6) is -0.780. The highest BCUT2D eigenvalue weighted by atomic mass is 19.1. The molecule has 0 saturated heterocycles. The van der Waals surface area contributed by atoms with Crippen LogP contribution in [0, 0.1) is 5.82 Å². The molecule has 0 aliphatic heterocycles. The average molecular weight is 211 g/mol. The number of carbonyl (C=O) groups excluding carboxylic acids is 1. The minimum atomic E-state index is -0.556. The molecule has 0 bridgehead atoms. The predicted octanol–water partition coefficient (Wildman–Crippen LogP) is 1.28. The molecule has 4 nitrogen and oxygen atoms in total. The maximum Gasteiger partial charge on any atom is 0.257 e. The van der Waals surface area contributed by atoms with E-state index in [1.165, 1.54) is 0 Å². The van der Waals surface area contributed by atoms with E-state index in [9.17, 15) is 9.18 Å². The highest BCUT2D eigenvalue weighted by molar-refractivity contribution is 5.98. The van der Waals surface area contributed by atoms with Gasteiger partial charge >= 0.3 is 0 Å². The lowest BCUT2D eigenvalue weighted by Crippen LogP contribution is -2.31. The molecule has 1 aromatic rings. The number of nitrogens with zero attached hydrogens (tertiary/aromatic N) is 2. The van der Waals surface area contributed by atoms with Gasteiger partial charge in [-0.2, -0.15) is 0 Å². The van der Waals surface area contributed by atoms with E-state index in [2.05, 4.69) is 4.98 Å². The molecule has 0 aliphatic carbocycles. The number of halogens is 1. The fraction of sp³-hybridized carbons (Fsp3) is 0.400. The molecular weight excluding hydrogens is 197 g/mol. The minimum Gasteiger partial charge on any atom is -0.383 e. The Hall–Kier alpha value is -1.65. The topological polar surface area (TPSA) is 59.2 Å². The van der Waals surface area contributed by atoms with Crippen LogP contribution in [-0.2, 0) is 0 Å². The first-order valence-electron chi connectivity index (χ1n) is 4.80. The van der Waals surface area contributed by atoms with Gasteiger partial charge in [0.2, 0.25) is 0 Å². The number of pyridine rings is 1. The molecule has 0 fully saturated rings. The van der Waals surface area contributed by atoms with Crippen LogP contribution in [0.1, 0.15) is 24.2 Å².